The highest BCUT2D eigenvalue weighted by molar-refractivity contribution is 6.04. The number of carbonyl (C=O) groups is 2. The van der Waals surface area contributed by atoms with Crippen LogP contribution in [0.3, 0.4) is 0 Å². The molecule has 0 atom stereocenters. The fraction of sp³-hybridized carbons (Fsp3) is 0.179. The number of amides is 2. The summed E-state index contributed by atoms with van der Waals surface area (Å²) in [6.07, 6.45) is 0. The number of para-hydroxylation sites is 1. The number of nitrogens with one attached hydrogen (secondary N) is 2. The molecule has 0 unspecified atom stereocenters. The van der Waals surface area contributed by atoms with Crippen molar-refractivity contribution in [1.82, 2.24) is 15.1 Å². The van der Waals surface area contributed by atoms with Gasteiger partial charge in [0.15, 0.2) is 11.6 Å². The highest BCUT2D eigenvalue weighted by Gasteiger charge is 2.16. The highest BCUT2D eigenvalue weighted by Crippen LogP contribution is 2.22. The van der Waals surface area contributed by atoms with Crippen LogP contribution in [0.25, 0.3) is 0 Å². The van der Waals surface area contributed by atoms with E-state index in [1.165, 1.54) is 6.07 Å². The summed E-state index contributed by atoms with van der Waals surface area (Å²) in [6, 6.07) is 20.5. The Balaban J connectivity index is 1.42. The van der Waals surface area contributed by atoms with Gasteiger partial charge in [0.1, 0.15) is 6.61 Å². The predicted octanol–water partition coefficient (Wildman–Crippen LogP) is 4.88. The predicted molar refractivity (Wildman–Crippen MR) is 136 cm³/mol. The molecule has 184 valence electrons. The lowest BCUT2D eigenvalue weighted by atomic mass is 10.1. The Bertz CT molecular complexity index is 1400. The van der Waals surface area contributed by atoms with E-state index in [9.17, 15) is 14.0 Å². The van der Waals surface area contributed by atoms with Gasteiger partial charge in [0.25, 0.3) is 11.8 Å². The van der Waals surface area contributed by atoms with Gasteiger partial charge in [0.05, 0.1) is 23.6 Å². The molecule has 0 saturated heterocycles. The molecule has 0 aliphatic rings. The van der Waals surface area contributed by atoms with Crippen LogP contribution in [0.15, 0.2) is 72.8 Å². The summed E-state index contributed by atoms with van der Waals surface area (Å²) in [4.78, 5) is 24.8. The molecule has 4 aromatic rings. The van der Waals surface area contributed by atoms with Gasteiger partial charge < -0.3 is 15.4 Å². The zero-order valence-corrected chi connectivity index (χ0v) is 20.3. The van der Waals surface area contributed by atoms with Crippen LogP contribution in [-0.4, -0.2) is 28.6 Å². The molecule has 0 saturated carbocycles. The molecule has 3 aromatic carbocycles. The second kappa shape index (κ2) is 10.9. The minimum Gasteiger partial charge on any atom is -0.486 e. The van der Waals surface area contributed by atoms with Crippen molar-refractivity contribution in [2.75, 3.05) is 12.4 Å². The van der Waals surface area contributed by atoms with Gasteiger partial charge in [-0.2, -0.15) is 5.10 Å². The fourth-order valence-electron chi connectivity index (χ4n) is 3.82. The molecule has 1 heterocycles. The third-order valence-electron chi connectivity index (χ3n) is 5.82. The Kier molecular flexibility index (Phi) is 7.44. The first-order valence-electron chi connectivity index (χ1n) is 11.5. The van der Waals surface area contributed by atoms with Crippen molar-refractivity contribution in [3.05, 3.63) is 112 Å². The van der Waals surface area contributed by atoms with Crippen LogP contribution >= 0.6 is 0 Å². The molecule has 8 heteroatoms. The smallest absolute Gasteiger partial charge is 0.255 e. The molecule has 0 radical (unpaired) electrons. The largest absolute Gasteiger partial charge is 0.486 e. The lowest BCUT2D eigenvalue weighted by Gasteiger charge is -2.09. The Morgan fingerprint density at radius 1 is 0.917 bits per heavy atom. The first-order chi connectivity index (χ1) is 17.4. The number of benzene rings is 3. The number of hydrogen-bond acceptors (Lipinski definition) is 4. The quantitative estimate of drug-likeness (QED) is 0.372. The third-order valence-corrected chi connectivity index (χ3v) is 5.82. The first-order valence-corrected chi connectivity index (χ1v) is 11.5. The topological polar surface area (TPSA) is 85.3 Å². The van der Waals surface area contributed by atoms with E-state index in [1.54, 1.807) is 60.3 Å². The lowest BCUT2D eigenvalue weighted by molar-refractivity contribution is 0.0962. The van der Waals surface area contributed by atoms with Crippen molar-refractivity contribution >= 4 is 17.5 Å². The Morgan fingerprint density at radius 3 is 2.39 bits per heavy atom. The van der Waals surface area contributed by atoms with Crippen LogP contribution in [0, 0.1) is 19.7 Å². The van der Waals surface area contributed by atoms with Gasteiger partial charge in [-0.05, 0) is 61.4 Å². The first kappa shape index (κ1) is 24.7. The second-order valence-corrected chi connectivity index (χ2v) is 8.35. The minimum atomic E-state index is -0.418. The summed E-state index contributed by atoms with van der Waals surface area (Å²) in [5.74, 6) is -0.645. The molecular formula is C28H27FN4O3. The van der Waals surface area contributed by atoms with Crippen LogP contribution in [0.1, 0.15) is 43.2 Å². The number of halogens is 1. The molecule has 0 aliphatic heterocycles. The van der Waals surface area contributed by atoms with E-state index < -0.39 is 5.82 Å². The summed E-state index contributed by atoms with van der Waals surface area (Å²) in [6.45, 7) is 4.38. The zero-order valence-electron chi connectivity index (χ0n) is 20.3. The van der Waals surface area contributed by atoms with Crippen LogP contribution in [-0.2, 0) is 13.2 Å². The van der Waals surface area contributed by atoms with Crippen molar-refractivity contribution in [3.8, 4) is 5.75 Å². The number of aromatic nitrogens is 2. The molecule has 0 bridgehead atoms. The maximum atomic E-state index is 13.7. The van der Waals surface area contributed by atoms with E-state index >= 15 is 0 Å². The number of ether oxygens (including phenoxy) is 1. The number of anilines is 1. The number of carbonyl (C=O) groups excluding carboxylic acids is 2. The summed E-state index contributed by atoms with van der Waals surface area (Å²) < 4.78 is 21.0. The normalized spacial score (nSPS) is 10.7. The molecular weight excluding hydrogens is 459 g/mol. The van der Waals surface area contributed by atoms with Gasteiger partial charge in [-0.25, -0.2) is 4.39 Å². The molecule has 36 heavy (non-hydrogen) atoms. The molecule has 7 nitrogen and oxygen atoms in total. The van der Waals surface area contributed by atoms with Crippen molar-refractivity contribution in [2.24, 2.45) is 0 Å². The summed E-state index contributed by atoms with van der Waals surface area (Å²) in [5, 5.41) is 10.2. The Morgan fingerprint density at radius 2 is 1.67 bits per heavy atom. The van der Waals surface area contributed by atoms with Crippen molar-refractivity contribution < 1.29 is 18.7 Å². The van der Waals surface area contributed by atoms with E-state index in [0.29, 0.717) is 29.1 Å². The molecule has 1 aromatic heterocycles. The monoisotopic (exact) mass is 486 g/mol. The van der Waals surface area contributed by atoms with Gasteiger partial charge >= 0.3 is 0 Å². The number of aryl methyl sites for hydroxylation is 1. The molecule has 2 N–H and O–H groups in total. The van der Waals surface area contributed by atoms with E-state index in [0.717, 1.165) is 16.8 Å². The lowest BCUT2D eigenvalue weighted by Crippen LogP contribution is -2.18. The van der Waals surface area contributed by atoms with E-state index in [4.69, 9.17) is 4.74 Å². The van der Waals surface area contributed by atoms with E-state index in [1.807, 2.05) is 32.0 Å². The van der Waals surface area contributed by atoms with Crippen molar-refractivity contribution in [3.63, 3.8) is 0 Å². The van der Waals surface area contributed by atoms with Gasteiger partial charge in [0.2, 0.25) is 0 Å². The Labute approximate surface area is 208 Å². The maximum Gasteiger partial charge on any atom is 0.255 e. The van der Waals surface area contributed by atoms with Crippen molar-refractivity contribution in [1.29, 1.82) is 0 Å². The van der Waals surface area contributed by atoms with Gasteiger partial charge in [0, 0.05) is 18.2 Å². The number of rotatable bonds is 8. The summed E-state index contributed by atoms with van der Waals surface area (Å²) in [7, 11) is 1.60. The third kappa shape index (κ3) is 5.60. The second-order valence-electron chi connectivity index (χ2n) is 8.35. The number of hydrogen-bond donors (Lipinski definition) is 2. The van der Waals surface area contributed by atoms with Crippen LogP contribution in [0.4, 0.5) is 10.1 Å². The SMILES string of the molecule is CNC(=O)c1cccc(Cn2nc(C)c(NC(=O)c3ccc(COc4ccccc4F)cc3)c2C)c1. The standard InChI is InChI=1S/C28H27FN4O3/c1-18-26(19(2)33(32-18)16-21-7-6-8-23(15-21)27(34)30-3)31-28(35)22-13-11-20(12-14-22)17-36-25-10-5-4-9-24(25)29/h4-15H,16-17H2,1-3H3,(H,30,34)(H,31,35). The molecule has 2 amide bonds. The molecule has 4 rings (SSSR count). The highest BCUT2D eigenvalue weighted by atomic mass is 19.1. The molecule has 0 aliphatic carbocycles. The van der Waals surface area contributed by atoms with E-state index in [2.05, 4.69) is 15.7 Å². The summed E-state index contributed by atoms with van der Waals surface area (Å²) >= 11 is 0. The summed E-state index contributed by atoms with van der Waals surface area (Å²) in [5.41, 5.74) is 4.94. The van der Waals surface area contributed by atoms with Crippen LogP contribution in [0.5, 0.6) is 5.75 Å². The fourth-order valence-corrected chi connectivity index (χ4v) is 3.82. The van der Waals surface area contributed by atoms with Gasteiger partial charge in [-0.3, -0.25) is 14.3 Å². The van der Waals surface area contributed by atoms with E-state index in [-0.39, 0.29) is 24.2 Å². The molecule has 0 fully saturated rings. The van der Waals surface area contributed by atoms with Crippen molar-refractivity contribution in [2.45, 2.75) is 27.0 Å². The van der Waals surface area contributed by atoms with Gasteiger partial charge in [-0.15, -0.1) is 0 Å². The average molecular weight is 487 g/mol. The van der Waals surface area contributed by atoms with Crippen LogP contribution in [0.2, 0.25) is 0 Å². The van der Waals surface area contributed by atoms with Gasteiger partial charge in [-0.1, -0.05) is 36.4 Å². The minimum absolute atomic E-state index is 0.150. The number of nitrogens with zero attached hydrogens (tertiary/aromatic N) is 2. The zero-order chi connectivity index (χ0) is 25.7. The average Bonchev–Trinajstić information content (AvgIpc) is 3.15. The maximum absolute atomic E-state index is 13.7. The molecule has 0 spiro atoms. The Hall–Kier alpha value is -4.46. The van der Waals surface area contributed by atoms with Crippen LogP contribution < -0.4 is 15.4 Å².